The number of rotatable bonds is 3. The van der Waals surface area contributed by atoms with Crippen LogP contribution in [0.2, 0.25) is 0 Å². The number of oxazole rings is 1. The highest BCUT2D eigenvalue weighted by Gasteiger charge is 2.31. The predicted octanol–water partition coefficient (Wildman–Crippen LogP) is 1.51. The number of esters is 1. The maximum Gasteiger partial charge on any atom is 0.360 e. The summed E-state index contributed by atoms with van der Waals surface area (Å²) in [5.41, 5.74) is 5.56. The van der Waals surface area contributed by atoms with Crippen molar-refractivity contribution in [3.8, 4) is 0 Å². The van der Waals surface area contributed by atoms with Gasteiger partial charge in [-0.1, -0.05) is 0 Å². The molecule has 0 fully saturated rings. The lowest BCUT2D eigenvalue weighted by Crippen LogP contribution is -2.38. The van der Waals surface area contributed by atoms with Gasteiger partial charge >= 0.3 is 5.97 Å². The van der Waals surface area contributed by atoms with Crippen LogP contribution in [0, 0.1) is 0 Å². The van der Waals surface area contributed by atoms with Gasteiger partial charge in [-0.05, 0) is 20.8 Å². The zero-order valence-electron chi connectivity index (χ0n) is 9.81. The highest BCUT2D eigenvalue weighted by molar-refractivity contribution is 5.86. The molecule has 1 heterocycles. The van der Waals surface area contributed by atoms with Crippen LogP contribution in [0.15, 0.2) is 10.7 Å². The summed E-state index contributed by atoms with van der Waals surface area (Å²) in [5, 5.41) is 0. The number of nitrogens with zero attached hydrogens (tertiary/aromatic N) is 1. The summed E-state index contributed by atoms with van der Waals surface area (Å²) in [5.74, 6) is -0.0663. The molecule has 0 bridgehead atoms. The Kier molecular flexibility index (Phi) is 4.96. The molecule has 0 aliphatic rings. The maximum atomic E-state index is 11.1. The number of carbonyl (C=O) groups is 1. The molecule has 1 rings (SSSR count). The third-order valence-electron chi connectivity index (χ3n) is 2.59. The number of nitrogens with two attached hydrogens (primary N) is 1. The number of hydrogen-bond donors (Lipinski definition) is 1. The third-order valence-corrected chi connectivity index (χ3v) is 2.59. The molecule has 1 unspecified atom stereocenters. The van der Waals surface area contributed by atoms with Crippen molar-refractivity contribution in [2.24, 2.45) is 5.73 Å². The largest absolute Gasteiger partial charge is 0.464 e. The molecule has 0 saturated carbocycles. The predicted molar refractivity (Wildman–Crippen MR) is 61.8 cm³/mol. The van der Waals surface area contributed by atoms with Gasteiger partial charge in [0.05, 0.1) is 12.5 Å². The minimum atomic E-state index is -0.509. The molecule has 1 aromatic heterocycles. The second kappa shape index (κ2) is 5.32. The Labute approximate surface area is 101 Å². The van der Waals surface area contributed by atoms with E-state index in [0.29, 0.717) is 5.89 Å². The summed E-state index contributed by atoms with van der Waals surface area (Å²) < 4.78 is 9.75. The topological polar surface area (TPSA) is 78.3 Å². The standard InChI is InChI=1S/C10H16N2O3.ClH/c1-6(11)10(2,3)9-12-7(5-15-9)8(13)14-4;/h5-6H,11H2,1-4H3;1H. The highest BCUT2D eigenvalue weighted by Crippen LogP contribution is 2.25. The molecule has 0 aliphatic heterocycles. The lowest BCUT2D eigenvalue weighted by atomic mass is 9.86. The zero-order chi connectivity index (χ0) is 11.6. The van der Waals surface area contributed by atoms with Crippen molar-refractivity contribution in [2.75, 3.05) is 7.11 Å². The third kappa shape index (κ3) is 2.74. The van der Waals surface area contributed by atoms with Crippen LogP contribution in [0.5, 0.6) is 0 Å². The fourth-order valence-corrected chi connectivity index (χ4v) is 0.963. The Bertz CT molecular complexity index is 361. The van der Waals surface area contributed by atoms with Crippen LogP contribution in [0.25, 0.3) is 0 Å². The van der Waals surface area contributed by atoms with Crippen molar-refractivity contribution < 1.29 is 13.9 Å². The number of halogens is 1. The van der Waals surface area contributed by atoms with Gasteiger partial charge in [-0.15, -0.1) is 12.4 Å². The summed E-state index contributed by atoms with van der Waals surface area (Å²) >= 11 is 0. The quantitative estimate of drug-likeness (QED) is 0.821. The molecular formula is C10H17ClN2O3. The first kappa shape index (κ1) is 14.9. The fourth-order valence-electron chi connectivity index (χ4n) is 0.963. The highest BCUT2D eigenvalue weighted by atomic mass is 35.5. The number of ether oxygens (including phenoxy) is 1. The van der Waals surface area contributed by atoms with Crippen LogP contribution in [-0.4, -0.2) is 24.1 Å². The molecule has 0 aromatic carbocycles. The second-order valence-corrected chi connectivity index (χ2v) is 4.04. The smallest absolute Gasteiger partial charge is 0.360 e. The van der Waals surface area contributed by atoms with Crippen LogP contribution in [-0.2, 0) is 10.2 Å². The van der Waals surface area contributed by atoms with E-state index in [9.17, 15) is 4.79 Å². The van der Waals surface area contributed by atoms with E-state index in [-0.39, 0.29) is 24.1 Å². The van der Waals surface area contributed by atoms with Crippen LogP contribution < -0.4 is 5.73 Å². The normalized spacial score (nSPS) is 12.8. The van der Waals surface area contributed by atoms with Crippen molar-refractivity contribution in [1.82, 2.24) is 4.98 Å². The molecule has 16 heavy (non-hydrogen) atoms. The lowest BCUT2D eigenvalue weighted by molar-refractivity contribution is 0.0594. The number of methoxy groups -OCH3 is 1. The summed E-state index contributed by atoms with van der Waals surface area (Å²) in [6.07, 6.45) is 1.28. The van der Waals surface area contributed by atoms with E-state index in [2.05, 4.69) is 9.72 Å². The Morgan fingerprint density at radius 2 is 2.19 bits per heavy atom. The summed E-state index contributed by atoms with van der Waals surface area (Å²) in [6.45, 7) is 5.68. The van der Waals surface area contributed by atoms with Crippen molar-refractivity contribution >= 4 is 18.4 Å². The van der Waals surface area contributed by atoms with E-state index in [1.165, 1.54) is 13.4 Å². The van der Waals surface area contributed by atoms with Gasteiger partial charge < -0.3 is 14.9 Å². The van der Waals surface area contributed by atoms with Crippen molar-refractivity contribution in [1.29, 1.82) is 0 Å². The SMILES string of the molecule is COC(=O)c1coc(C(C)(C)C(C)N)n1.Cl. The Balaban J connectivity index is 0.00000225. The number of hydrogen-bond acceptors (Lipinski definition) is 5. The summed E-state index contributed by atoms with van der Waals surface area (Å²) in [6, 6.07) is -0.123. The molecule has 2 N–H and O–H groups in total. The molecule has 0 amide bonds. The van der Waals surface area contributed by atoms with Crippen LogP contribution in [0.1, 0.15) is 37.2 Å². The molecule has 0 spiro atoms. The van der Waals surface area contributed by atoms with E-state index in [1.54, 1.807) is 0 Å². The van der Waals surface area contributed by atoms with Crippen molar-refractivity contribution in [2.45, 2.75) is 32.2 Å². The van der Waals surface area contributed by atoms with Crippen LogP contribution in [0.3, 0.4) is 0 Å². The Hall–Kier alpha value is -1.07. The van der Waals surface area contributed by atoms with Gasteiger partial charge in [0, 0.05) is 6.04 Å². The monoisotopic (exact) mass is 248 g/mol. The van der Waals surface area contributed by atoms with Gasteiger partial charge in [0.2, 0.25) is 5.89 Å². The molecule has 5 nitrogen and oxygen atoms in total. The second-order valence-electron chi connectivity index (χ2n) is 4.04. The van der Waals surface area contributed by atoms with Crippen molar-refractivity contribution in [3.63, 3.8) is 0 Å². The van der Waals surface area contributed by atoms with Gasteiger partial charge in [0.15, 0.2) is 5.69 Å². The van der Waals surface area contributed by atoms with E-state index < -0.39 is 11.4 Å². The van der Waals surface area contributed by atoms with E-state index in [4.69, 9.17) is 10.2 Å². The minimum absolute atomic E-state index is 0. The Morgan fingerprint density at radius 1 is 1.62 bits per heavy atom. The van der Waals surface area contributed by atoms with Gasteiger partial charge in [-0.25, -0.2) is 9.78 Å². The van der Waals surface area contributed by atoms with Gasteiger partial charge in [-0.2, -0.15) is 0 Å². The molecular weight excluding hydrogens is 232 g/mol. The van der Waals surface area contributed by atoms with E-state index in [0.717, 1.165) is 0 Å². The first-order chi connectivity index (χ1) is 6.89. The van der Waals surface area contributed by atoms with Gasteiger partial charge in [0.25, 0.3) is 0 Å². The zero-order valence-corrected chi connectivity index (χ0v) is 10.6. The van der Waals surface area contributed by atoms with E-state index >= 15 is 0 Å². The van der Waals surface area contributed by atoms with Crippen LogP contribution >= 0.6 is 12.4 Å². The first-order valence-corrected chi connectivity index (χ1v) is 4.69. The fraction of sp³-hybridized carbons (Fsp3) is 0.600. The average Bonchev–Trinajstić information content (AvgIpc) is 2.65. The first-order valence-electron chi connectivity index (χ1n) is 4.69. The van der Waals surface area contributed by atoms with Gasteiger partial charge in [-0.3, -0.25) is 0 Å². The number of carbonyl (C=O) groups excluding carboxylic acids is 1. The minimum Gasteiger partial charge on any atom is -0.464 e. The van der Waals surface area contributed by atoms with Crippen molar-refractivity contribution in [3.05, 3.63) is 17.8 Å². The van der Waals surface area contributed by atoms with Gasteiger partial charge in [0.1, 0.15) is 6.26 Å². The molecule has 0 radical (unpaired) electrons. The summed E-state index contributed by atoms with van der Waals surface area (Å²) in [4.78, 5) is 15.2. The molecule has 6 heteroatoms. The number of aromatic nitrogens is 1. The lowest BCUT2D eigenvalue weighted by Gasteiger charge is -2.24. The van der Waals surface area contributed by atoms with E-state index in [1.807, 2.05) is 20.8 Å². The molecule has 1 aromatic rings. The summed E-state index contributed by atoms with van der Waals surface area (Å²) in [7, 11) is 1.30. The van der Waals surface area contributed by atoms with Crippen LogP contribution in [0.4, 0.5) is 0 Å². The molecule has 0 saturated heterocycles. The maximum absolute atomic E-state index is 11.1. The Morgan fingerprint density at radius 3 is 2.62 bits per heavy atom. The average molecular weight is 249 g/mol. The molecule has 0 aliphatic carbocycles. The molecule has 92 valence electrons. The molecule has 1 atom stereocenters.